The van der Waals surface area contributed by atoms with Crippen molar-refractivity contribution >= 4 is 71.1 Å². The van der Waals surface area contributed by atoms with E-state index in [2.05, 4.69) is 31.9 Å². The first-order chi connectivity index (χ1) is 30.6. The van der Waals surface area contributed by atoms with Gasteiger partial charge in [-0.1, -0.05) is 48.0 Å². The third-order valence-corrected chi connectivity index (χ3v) is 9.83. The summed E-state index contributed by atoms with van der Waals surface area (Å²) in [7, 11) is 0. The van der Waals surface area contributed by atoms with Crippen LogP contribution in [0.1, 0.15) is 106 Å². The summed E-state index contributed by atoms with van der Waals surface area (Å²) >= 11 is 0. The number of nitrogens with one attached hydrogen (secondary N) is 7. The van der Waals surface area contributed by atoms with Gasteiger partial charge in [-0.25, -0.2) is 4.79 Å². The third-order valence-electron chi connectivity index (χ3n) is 9.83. The van der Waals surface area contributed by atoms with Gasteiger partial charge in [-0.15, -0.1) is 0 Å². The van der Waals surface area contributed by atoms with E-state index in [1.807, 2.05) is 5.32 Å². The van der Waals surface area contributed by atoms with Crippen LogP contribution < -0.4 is 54.4 Å². The molecule has 0 heterocycles. The molecule has 0 radical (unpaired) electrons. The predicted molar refractivity (Wildman–Crippen MR) is 231 cm³/mol. The van der Waals surface area contributed by atoms with Crippen molar-refractivity contribution in [3.8, 4) is 0 Å². The molecule has 26 heteroatoms. The summed E-state index contributed by atoms with van der Waals surface area (Å²) in [6.45, 7) is 10.2. The molecule has 374 valence electrons. The summed E-state index contributed by atoms with van der Waals surface area (Å²) in [6.07, 6.45) is -2.92. The number of carboxylic acid groups (broad SMARTS) is 4. The van der Waals surface area contributed by atoms with Crippen molar-refractivity contribution < 1.29 is 78.0 Å². The minimum absolute atomic E-state index is 0.0139. The lowest BCUT2D eigenvalue weighted by Gasteiger charge is -2.29. The monoisotopic (exact) mass is 944 g/mol. The molecule has 0 spiro atoms. The maximum Gasteiger partial charge on any atom is 0.326 e. The van der Waals surface area contributed by atoms with E-state index in [4.69, 9.17) is 27.4 Å². The highest BCUT2D eigenvalue weighted by atomic mass is 16.4. The largest absolute Gasteiger partial charge is 0.481 e. The fourth-order valence-electron chi connectivity index (χ4n) is 6.20. The Morgan fingerprint density at radius 2 is 0.848 bits per heavy atom. The van der Waals surface area contributed by atoms with E-state index in [0.717, 1.165) is 0 Å². The fraction of sp³-hybridized carbons (Fsp3) is 0.700. The Bertz CT molecular complexity index is 1740. The molecule has 9 atom stereocenters. The lowest BCUT2D eigenvalue weighted by molar-refractivity contribution is -0.147. The molecule has 0 unspecified atom stereocenters. The molecule has 8 amide bonds. The maximum absolute atomic E-state index is 13.9. The number of aliphatic carboxylic acids is 4. The Morgan fingerprint density at radius 3 is 1.27 bits per heavy atom. The summed E-state index contributed by atoms with van der Waals surface area (Å²) in [5.41, 5.74) is 16.7. The molecular weight excluding hydrogens is 876 g/mol. The van der Waals surface area contributed by atoms with Crippen LogP contribution in [0.4, 0.5) is 0 Å². The number of carboxylic acids is 4. The van der Waals surface area contributed by atoms with Gasteiger partial charge in [-0.2, -0.15) is 0 Å². The molecule has 17 N–H and O–H groups in total. The number of unbranched alkanes of at least 4 members (excludes halogenated alkanes) is 1. The van der Waals surface area contributed by atoms with Gasteiger partial charge in [0.1, 0.15) is 42.3 Å². The lowest BCUT2D eigenvalue weighted by Crippen LogP contribution is -2.61. The van der Waals surface area contributed by atoms with Crippen molar-refractivity contribution in [2.75, 3.05) is 6.54 Å². The molecular formula is C40H68N10O16. The van der Waals surface area contributed by atoms with Gasteiger partial charge < -0.3 is 74.8 Å². The van der Waals surface area contributed by atoms with Crippen LogP contribution in [0.25, 0.3) is 0 Å². The molecule has 66 heavy (non-hydrogen) atoms. The van der Waals surface area contributed by atoms with Crippen molar-refractivity contribution in [2.24, 2.45) is 35.0 Å². The van der Waals surface area contributed by atoms with Crippen LogP contribution in [0.5, 0.6) is 0 Å². The highest BCUT2D eigenvalue weighted by molar-refractivity contribution is 5.99. The van der Waals surface area contributed by atoms with E-state index in [9.17, 15) is 67.7 Å². The number of nitrogens with two attached hydrogens (primary N) is 3. The quantitative estimate of drug-likeness (QED) is 0.0282. The molecule has 0 aliphatic rings. The first kappa shape index (κ1) is 59.6. The Morgan fingerprint density at radius 1 is 0.470 bits per heavy atom. The van der Waals surface area contributed by atoms with Gasteiger partial charge in [-0.3, -0.25) is 52.7 Å². The van der Waals surface area contributed by atoms with Gasteiger partial charge in [0.2, 0.25) is 47.3 Å². The zero-order chi connectivity index (χ0) is 51.0. The number of amides is 8. The van der Waals surface area contributed by atoms with Crippen molar-refractivity contribution in [1.29, 1.82) is 0 Å². The minimum Gasteiger partial charge on any atom is -0.481 e. The van der Waals surface area contributed by atoms with Crippen LogP contribution in [0.3, 0.4) is 0 Å². The van der Waals surface area contributed by atoms with Crippen LogP contribution in [-0.2, 0) is 57.5 Å². The molecule has 0 aromatic heterocycles. The van der Waals surface area contributed by atoms with Crippen LogP contribution in [0.2, 0.25) is 0 Å². The highest BCUT2D eigenvalue weighted by Crippen LogP contribution is 2.13. The number of hydrogen-bond donors (Lipinski definition) is 14. The van der Waals surface area contributed by atoms with E-state index in [1.165, 1.54) is 0 Å². The molecule has 0 aliphatic carbocycles. The first-order valence-electron chi connectivity index (χ1n) is 21.4. The average Bonchev–Trinajstić information content (AvgIpc) is 3.19. The molecule has 0 saturated heterocycles. The summed E-state index contributed by atoms with van der Waals surface area (Å²) in [5, 5.41) is 53.4. The highest BCUT2D eigenvalue weighted by Gasteiger charge is 2.37. The molecule has 0 saturated carbocycles. The second-order valence-corrected chi connectivity index (χ2v) is 16.7. The minimum atomic E-state index is -1.98. The number of carbonyl (C=O) groups is 12. The Labute approximate surface area is 381 Å². The van der Waals surface area contributed by atoms with Crippen LogP contribution in [0, 0.1) is 17.8 Å². The third kappa shape index (κ3) is 23.5. The van der Waals surface area contributed by atoms with E-state index < -0.39 is 151 Å². The van der Waals surface area contributed by atoms with Gasteiger partial charge >= 0.3 is 23.9 Å². The number of rotatable bonds is 33. The van der Waals surface area contributed by atoms with E-state index >= 15 is 0 Å². The van der Waals surface area contributed by atoms with Gasteiger partial charge in [0, 0.05) is 0 Å². The van der Waals surface area contributed by atoms with Crippen molar-refractivity contribution in [3.05, 3.63) is 0 Å². The molecule has 0 rings (SSSR count). The Kier molecular flexibility index (Phi) is 27.0. The normalized spacial score (nSPS) is 15.2. The molecule has 0 fully saturated rings. The fourth-order valence-corrected chi connectivity index (χ4v) is 6.20. The Balaban J connectivity index is 6.63. The number of hydrogen-bond acceptors (Lipinski definition) is 14. The summed E-state index contributed by atoms with van der Waals surface area (Å²) in [6, 6.07) is -12.9. The summed E-state index contributed by atoms with van der Waals surface area (Å²) < 4.78 is 0. The standard InChI is InChI=1S/C40H68N10O16/c1-7-20(6)32(50-34(59)22(10-8-9-11-41)44-35(60)23(12-18(2)3)45-33(58)21(42)14-29(52)53)39(64)48-26(16-30(54)55)38(63)47-25(15-28(43)51)37(62)46-24(13-19(4)5)36(61)49-27(40(65)66)17-31(56)57/h18-27,32H,7-17,41-42H2,1-6H3,(H2,43,51)(H,44,60)(H,45,58)(H,46,62)(H,47,63)(H,48,64)(H,49,61)(H,50,59)(H,52,53)(H,54,55)(H,56,57)(H,65,66)/t20-,21-,22-,23-,24-,25-,26-,27-,32-/m0/s1. The topological polar surface area (TPSA) is 448 Å². The maximum atomic E-state index is 13.9. The zero-order valence-electron chi connectivity index (χ0n) is 38.0. The van der Waals surface area contributed by atoms with E-state index in [1.54, 1.807) is 41.5 Å². The lowest BCUT2D eigenvalue weighted by atomic mass is 9.96. The van der Waals surface area contributed by atoms with E-state index in [-0.39, 0.29) is 44.1 Å². The predicted octanol–water partition coefficient (Wildman–Crippen LogP) is -3.64. The van der Waals surface area contributed by atoms with Crippen molar-refractivity contribution in [1.82, 2.24) is 37.2 Å². The van der Waals surface area contributed by atoms with Crippen LogP contribution in [0.15, 0.2) is 0 Å². The van der Waals surface area contributed by atoms with Gasteiger partial charge in [0.05, 0.1) is 31.7 Å². The Hall–Kier alpha value is -6.44. The molecule has 26 nitrogen and oxygen atoms in total. The van der Waals surface area contributed by atoms with Gasteiger partial charge in [0.25, 0.3) is 0 Å². The number of primary amides is 1. The second-order valence-electron chi connectivity index (χ2n) is 16.7. The molecule has 0 aliphatic heterocycles. The molecule has 0 aromatic rings. The summed E-state index contributed by atoms with van der Waals surface area (Å²) in [5.74, 6) is -16.0. The van der Waals surface area contributed by atoms with Crippen molar-refractivity contribution in [3.63, 3.8) is 0 Å². The van der Waals surface area contributed by atoms with Gasteiger partial charge in [-0.05, 0) is 56.4 Å². The van der Waals surface area contributed by atoms with E-state index in [0.29, 0.717) is 12.8 Å². The van der Waals surface area contributed by atoms with Crippen molar-refractivity contribution in [2.45, 2.75) is 154 Å². The summed E-state index contributed by atoms with van der Waals surface area (Å²) in [4.78, 5) is 152. The molecule has 0 aromatic carbocycles. The van der Waals surface area contributed by atoms with Gasteiger partial charge in [0.15, 0.2) is 0 Å². The smallest absolute Gasteiger partial charge is 0.326 e. The average molecular weight is 945 g/mol. The number of carbonyl (C=O) groups excluding carboxylic acids is 8. The molecule has 0 bridgehead atoms. The van der Waals surface area contributed by atoms with Crippen LogP contribution >= 0.6 is 0 Å². The first-order valence-corrected chi connectivity index (χ1v) is 21.4. The second kappa shape index (κ2) is 29.9. The zero-order valence-corrected chi connectivity index (χ0v) is 38.0. The SMILES string of the molecule is CC[C@H](C)[C@H](NC(=O)[C@H](CCCCN)NC(=O)[C@H](CC(C)C)NC(=O)[C@@H](N)CC(=O)O)C(=O)N[C@@H](CC(=O)O)C(=O)N[C@@H](CC(N)=O)C(=O)N[C@@H](CC(C)C)C(=O)N[C@@H](CC(=O)O)C(=O)O. The van der Waals surface area contributed by atoms with Crippen LogP contribution in [-0.4, -0.2) is 146 Å².